The molecule has 2 rings (SSSR count). The summed E-state index contributed by atoms with van der Waals surface area (Å²) in [5, 5.41) is 56.6. The Morgan fingerprint density at radius 1 is 0.471 bits per heavy atom. The number of carbonyl (C=O) groups excluding carboxylic acids is 6. The highest BCUT2D eigenvalue weighted by Gasteiger charge is 2.34. The van der Waals surface area contributed by atoms with Crippen LogP contribution < -0.4 is 41.4 Å². The van der Waals surface area contributed by atoms with E-state index in [2.05, 4.69) is 31.9 Å². The number of hydrogen-bond acceptors (Lipinski definition) is 12. The van der Waals surface area contributed by atoms with Gasteiger partial charge in [0.1, 0.15) is 47.8 Å². The molecule has 2 aromatic rings. The Kier molecular flexibility index (Phi) is 24.2. The van der Waals surface area contributed by atoms with Crippen LogP contribution in [0.4, 0.5) is 0 Å². The van der Waals surface area contributed by atoms with E-state index in [-0.39, 0.29) is 63.6 Å². The van der Waals surface area contributed by atoms with Crippen molar-refractivity contribution in [2.45, 2.75) is 156 Å². The van der Waals surface area contributed by atoms with Crippen molar-refractivity contribution in [3.8, 4) is 11.5 Å². The molecular formula is C48H74N6O14. The Labute approximate surface area is 398 Å². The Hall–Kier alpha value is -6.02. The highest BCUT2D eigenvalue weighted by Crippen LogP contribution is 2.26. The summed E-state index contributed by atoms with van der Waals surface area (Å²) < 4.78 is 11.8. The number of fused-ring (bicyclic) bond motifs is 1. The van der Waals surface area contributed by atoms with Crippen LogP contribution in [0.25, 0.3) is 10.8 Å². The lowest BCUT2D eigenvalue weighted by Crippen LogP contribution is -2.58. The maximum atomic E-state index is 13.2. The molecule has 0 aliphatic heterocycles. The van der Waals surface area contributed by atoms with Gasteiger partial charge in [-0.05, 0) is 98.2 Å². The average molecular weight is 959 g/mol. The molecule has 68 heavy (non-hydrogen) atoms. The van der Waals surface area contributed by atoms with Gasteiger partial charge in [0.15, 0.2) is 0 Å². The molecule has 0 saturated carbocycles. The molecule has 2 aromatic carbocycles. The van der Waals surface area contributed by atoms with Crippen molar-refractivity contribution in [2.75, 3.05) is 13.2 Å². The van der Waals surface area contributed by atoms with E-state index in [1.165, 1.54) is 13.8 Å². The lowest BCUT2D eigenvalue weighted by Gasteiger charge is -2.27. The third-order valence-electron chi connectivity index (χ3n) is 10.7. The van der Waals surface area contributed by atoms with Gasteiger partial charge in [-0.2, -0.15) is 0 Å². The largest absolute Gasteiger partial charge is 0.494 e. The van der Waals surface area contributed by atoms with Gasteiger partial charge < -0.3 is 61.8 Å². The molecule has 0 fully saturated rings. The SMILES string of the molecule is CC(C)CC(NC(=O)C(NC(=O)CCCOc1ccc2ccc(OCCCC(=O)NC(C(=O)NC(CC(C)C)C(=O)N[C@H](C(=O)O)C(C)C)C(C)O)cc2c1)C(C)O)C(=O)N[C@H](C(=O)O)C(C)C. The van der Waals surface area contributed by atoms with Crippen LogP contribution in [0.5, 0.6) is 11.5 Å². The molecule has 0 aliphatic carbocycles. The summed E-state index contributed by atoms with van der Waals surface area (Å²) in [6.45, 7) is 16.8. The molecule has 0 heterocycles. The molecule has 10 N–H and O–H groups in total. The maximum absolute atomic E-state index is 13.2. The number of benzene rings is 2. The van der Waals surface area contributed by atoms with Gasteiger partial charge in [0.05, 0.1) is 25.4 Å². The number of aliphatic hydroxyl groups is 2. The van der Waals surface area contributed by atoms with Crippen LogP contribution in [0.3, 0.4) is 0 Å². The lowest BCUT2D eigenvalue weighted by atomic mass is 10.00. The Morgan fingerprint density at radius 3 is 1.12 bits per heavy atom. The van der Waals surface area contributed by atoms with Crippen molar-refractivity contribution in [3.63, 3.8) is 0 Å². The van der Waals surface area contributed by atoms with Gasteiger partial charge in [0, 0.05) is 12.8 Å². The van der Waals surface area contributed by atoms with E-state index >= 15 is 0 Å². The Morgan fingerprint density at radius 2 is 0.824 bits per heavy atom. The van der Waals surface area contributed by atoms with E-state index in [4.69, 9.17) is 9.47 Å². The molecule has 0 spiro atoms. The van der Waals surface area contributed by atoms with Gasteiger partial charge in [-0.25, -0.2) is 9.59 Å². The normalized spacial score (nSPS) is 15.0. The quantitative estimate of drug-likeness (QED) is 0.0503. The van der Waals surface area contributed by atoms with E-state index in [9.17, 15) is 58.8 Å². The van der Waals surface area contributed by atoms with Crippen molar-refractivity contribution in [1.82, 2.24) is 31.9 Å². The van der Waals surface area contributed by atoms with Gasteiger partial charge in [-0.15, -0.1) is 0 Å². The number of carbonyl (C=O) groups is 8. The van der Waals surface area contributed by atoms with E-state index < -0.39 is 108 Å². The third kappa shape index (κ3) is 20.1. The minimum atomic E-state index is -1.38. The zero-order chi connectivity index (χ0) is 51.4. The number of rotatable bonds is 30. The number of carboxylic acids is 2. The molecule has 0 aromatic heterocycles. The molecular weight excluding hydrogens is 885 g/mol. The van der Waals surface area contributed by atoms with Crippen LogP contribution in [-0.4, -0.2) is 129 Å². The van der Waals surface area contributed by atoms with Gasteiger partial charge in [0.25, 0.3) is 0 Å². The van der Waals surface area contributed by atoms with Gasteiger partial charge in [-0.1, -0.05) is 67.5 Å². The minimum Gasteiger partial charge on any atom is -0.494 e. The van der Waals surface area contributed by atoms with Gasteiger partial charge in [-0.3, -0.25) is 28.8 Å². The summed E-state index contributed by atoms with van der Waals surface area (Å²) in [6, 6.07) is 3.47. The number of amides is 6. The van der Waals surface area contributed by atoms with E-state index in [0.29, 0.717) is 11.5 Å². The number of aliphatic carboxylic acids is 2. The number of carboxylic acid groups (broad SMARTS) is 2. The van der Waals surface area contributed by atoms with Crippen LogP contribution in [-0.2, 0) is 38.4 Å². The lowest BCUT2D eigenvalue weighted by molar-refractivity contribution is -0.144. The van der Waals surface area contributed by atoms with Gasteiger partial charge >= 0.3 is 11.9 Å². The molecule has 0 saturated heterocycles. The highest BCUT2D eigenvalue weighted by molar-refractivity contribution is 5.95. The van der Waals surface area contributed by atoms with E-state index in [1.807, 2.05) is 39.8 Å². The predicted molar refractivity (Wildman–Crippen MR) is 252 cm³/mol. The molecule has 0 aliphatic rings. The molecule has 6 unspecified atom stereocenters. The van der Waals surface area contributed by atoms with Crippen LogP contribution in [0.1, 0.15) is 108 Å². The minimum absolute atomic E-state index is 0.0514. The first-order valence-electron chi connectivity index (χ1n) is 23.2. The first kappa shape index (κ1) is 58.1. The van der Waals surface area contributed by atoms with Gasteiger partial charge in [0.2, 0.25) is 35.4 Å². The molecule has 20 nitrogen and oxygen atoms in total. The van der Waals surface area contributed by atoms with Crippen molar-refractivity contribution < 1.29 is 68.3 Å². The molecule has 6 amide bonds. The maximum Gasteiger partial charge on any atom is 0.326 e. The Bertz CT molecular complexity index is 1890. The van der Waals surface area contributed by atoms with Crippen LogP contribution >= 0.6 is 0 Å². The van der Waals surface area contributed by atoms with Crippen molar-refractivity contribution in [2.24, 2.45) is 23.7 Å². The molecule has 0 radical (unpaired) electrons. The fraction of sp³-hybridized carbons (Fsp3) is 0.625. The van der Waals surface area contributed by atoms with Crippen LogP contribution in [0.2, 0.25) is 0 Å². The fourth-order valence-electron chi connectivity index (χ4n) is 6.99. The Balaban J connectivity index is 1.93. The molecule has 380 valence electrons. The standard InChI is InChI=1S/C48H74N6O14/c1-25(2)21-35(43(59)53-39(27(5)6)47(63)64)49-45(61)41(29(9)55)51-37(57)13-11-19-67-33-17-15-31-16-18-34(24-32(31)23-33)68-20-12-14-38(58)52-42(30(10)56)46(62)50-36(22-26(3)4)44(60)54-40(28(7)8)48(65)66/h15-18,23-30,35-36,39-42,55-56H,11-14,19-22H2,1-10H3,(H,49,61)(H,50,62)(H,51,57)(H,52,58)(H,53,59)(H,54,60)(H,63,64)(H,65,66)/t29?,30?,35?,36?,39-,40-,41?,42?/m0/s1. The first-order chi connectivity index (χ1) is 31.8. The predicted octanol–water partition coefficient (Wildman–Crippen LogP) is 2.40. The number of nitrogens with one attached hydrogen (secondary N) is 6. The summed E-state index contributed by atoms with van der Waals surface area (Å²) in [4.78, 5) is 102. The fourth-order valence-corrected chi connectivity index (χ4v) is 6.99. The molecule has 20 heteroatoms. The first-order valence-corrected chi connectivity index (χ1v) is 23.2. The monoisotopic (exact) mass is 959 g/mol. The van der Waals surface area contributed by atoms with Crippen LogP contribution in [0, 0.1) is 23.7 Å². The summed E-state index contributed by atoms with van der Waals surface area (Å²) in [5.74, 6) is -6.40. The summed E-state index contributed by atoms with van der Waals surface area (Å²) in [7, 11) is 0. The average Bonchev–Trinajstić information content (AvgIpc) is 3.23. The second-order valence-corrected chi connectivity index (χ2v) is 18.7. The van der Waals surface area contributed by atoms with E-state index in [1.54, 1.807) is 52.0 Å². The summed E-state index contributed by atoms with van der Waals surface area (Å²) >= 11 is 0. The van der Waals surface area contributed by atoms with E-state index in [0.717, 1.165) is 10.8 Å². The summed E-state index contributed by atoms with van der Waals surface area (Å²) in [6.07, 6.45) is -1.85. The van der Waals surface area contributed by atoms with Crippen molar-refractivity contribution in [3.05, 3.63) is 36.4 Å². The second-order valence-electron chi connectivity index (χ2n) is 18.7. The zero-order valence-electron chi connectivity index (χ0n) is 40.9. The number of hydrogen-bond donors (Lipinski definition) is 10. The number of ether oxygens (including phenoxy) is 2. The zero-order valence-corrected chi connectivity index (χ0v) is 40.9. The highest BCUT2D eigenvalue weighted by atomic mass is 16.5. The van der Waals surface area contributed by atoms with Crippen LogP contribution in [0.15, 0.2) is 36.4 Å². The smallest absolute Gasteiger partial charge is 0.326 e. The van der Waals surface area contributed by atoms with Crippen molar-refractivity contribution >= 4 is 58.2 Å². The number of aliphatic hydroxyl groups excluding tert-OH is 2. The third-order valence-corrected chi connectivity index (χ3v) is 10.7. The summed E-state index contributed by atoms with van der Waals surface area (Å²) in [5.41, 5.74) is 0. The topological polar surface area (TPSA) is 308 Å². The second kappa shape index (κ2) is 28.3. The van der Waals surface area contributed by atoms with Crippen molar-refractivity contribution in [1.29, 1.82) is 0 Å². The molecule has 8 atom stereocenters. The molecule has 0 bridgehead atoms.